The molecule has 1 aliphatic heterocycles. The molecule has 3 rings (SSSR count). The molecule has 6 nitrogen and oxygen atoms in total. The highest BCUT2D eigenvalue weighted by molar-refractivity contribution is 6.31. The lowest BCUT2D eigenvalue weighted by molar-refractivity contribution is -0.138. The van der Waals surface area contributed by atoms with Crippen LogP contribution >= 0.6 is 11.6 Å². The zero-order chi connectivity index (χ0) is 16.4. The minimum atomic E-state index is -0.786. The van der Waals surface area contributed by atoms with Gasteiger partial charge in [-0.2, -0.15) is 0 Å². The predicted molar refractivity (Wildman–Crippen MR) is 89.1 cm³/mol. The van der Waals surface area contributed by atoms with Crippen LogP contribution in [0.1, 0.15) is 19.3 Å². The minimum Gasteiger partial charge on any atom is -0.480 e. The zero-order valence-corrected chi connectivity index (χ0v) is 13.8. The first-order valence-corrected chi connectivity index (χ1v) is 8.14. The Hall–Kier alpha value is -1.79. The number of anilines is 1. The second kappa shape index (κ2) is 6.76. The summed E-state index contributed by atoms with van der Waals surface area (Å²) in [6, 6.07) is 5.77. The van der Waals surface area contributed by atoms with E-state index in [2.05, 4.69) is 10.1 Å². The molecule has 124 valence electrons. The lowest BCUT2D eigenvalue weighted by atomic mass is 10.1. The number of nitrogens with zero attached hydrogens (tertiary/aromatic N) is 3. The third kappa shape index (κ3) is 3.59. The maximum atomic E-state index is 10.9. The molecule has 0 radical (unpaired) electrons. The van der Waals surface area contributed by atoms with E-state index in [0.717, 1.165) is 49.1 Å². The molecule has 1 aliphatic rings. The van der Waals surface area contributed by atoms with Crippen molar-refractivity contribution in [2.24, 2.45) is 0 Å². The third-order valence-corrected chi connectivity index (χ3v) is 4.65. The Morgan fingerprint density at radius 3 is 3.09 bits per heavy atom. The van der Waals surface area contributed by atoms with Gasteiger partial charge in [0.2, 0.25) is 0 Å². The van der Waals surface area contributed by atoms with Gasteiger partial charge < -0.3 is 14.5 Å². The van der Waals surface area contributed by atoms with Crippen LogP contribution in [0.2, 0.25) is 5.02 Å². The van der Waals surface area contributed by atoms with E-state index in [0.29, 0.717) is 5.02 Å². The molecule has 1 aromatic carbocycles. The fourth-order valence-electron chi connectivity index (χ4n) is 3.20. The van der Waals surface area contributed by atoms with Crippen molar-refractivity contribution < 1.29 is 14.4 Å². The number of likely N-dealkylation sites (N-methyl/N-ethyl adjacent to an activating group) is 1. The fourth-order valence-corrected chi connectivity index (χ4v) is 3.37. The number of fused-ring (bicyclic) bond motifs is 1. The monoisotopic (exact) mass is 337 g/mol. The summed E-state index contributed by atoms with van der Waals surface area (Å²) >= 11 is 6.08. The Labute approximate surface area is 139 Å². The van der Waals surface area contributed by atoms with Crippen LogP contribution in [-0.2, 0) is 4.79 Å². The molecule has 0 aliphatic carbocycles. The van der Waals surface area contributed by atoms with Crippen LogP contribution in [0.15, 0.2) is 22.7 Å². The van der Waals surface area contributed by atoms with Gasteiger partial charge in [0.05, 0.1) is 11.9 Å². The standard InChI is InChI=1S/C16H20ClN3O3/c1-19(10-15(21)22)12-3-2-7-20(8-6-12)16-13-9-11(17)4-5-14(13)23-18-16/h4-5,9,12H,2-3,6-8,10H2,1H3,(H,21,22). The van der Waals surface area contributed by atoms with Crippen molar-refractivity contribution in [1.29, 1.82) is 0 Å². The molecular weight excluding hydrogens is 318 g/mol. The van der Waals surface area contributed by atoms with Crippen LogP contribution in [0.5, 0.6) is 0 Å². The van der Waals surface area contributed by atoms with Gasteiger partial charge in [-0.3, -0.25) is 9.69 Å². The highest BCUT2D eigenvalue weighted by atomic mass is 35.5. The second-order valence-corrected chi connectivity index (χ2v) is 6.46. The van der Waals surface area contributed by atoms with Gasteiger partial charge in [-0.25, -0.2) is 0 Å². The Bertz CT molecular complexity index is 703. The average Bonchev–Trinajstić information content (AvgIpc) is 2.75. The van der Waals surface area contributed by atoms with E-state index >= 15 is 0 Å². The summed E-state index contributed by atoms with van der Waals surface area (Å²) in [6.45, 7) is 1.78. The number of hydrogen-bond donors (Lipinski definition) is 1. The van der Waals surface area contributed by atoms with Gasteiger partial charge in [0.15, 0.2) is 11.4 Å². The maximum Gasteiger partial charge on any atom is 0.317 e. The number of rotatable bonds is 4. The van der Waals surface area contributed by atoms with Gasteiger partial charge in [0.1, 0.15) is 0 Å². The van der Waals surface area contributed by atoms with Crippen LogP contribution in [0.25, 0.3) is 11.0 Å². The highest BCUT2D eigenvalue weighted by Crippen LogP contribution is 2.30. The van der Waals surface area contributed by atoms with Crippen LogP contribution in [0, 0.1) is 0 Å². The normalized spacial score (nSPS) is 19.3. The van der Waals surface area contributed by atoms with Gasteiger partial charge in [-0.15, -0.1) is 0 Å². The average molecular weight is 338 g/mol. The number of carbonyl (C=O) groups is 1. The van der Waals surface area contributed by atoms with Gasteiger partial charge in [0, 0.05) is 24.2 Å². The summed E-state index contributed by atoms with van der Waals surface area (Å²) in [5.41, 5.74) is 0.730. The lowest BCUT2D eigenvalue weighted by Crippen LogP contribution is -2.36. The van der Waals surface area contributed by atoms with Crippen LogP contribution < -0.4 is 4.90 Å². The summed E-state index contributed by atoms with van der Waals surface area (Å²) in [5, 5.41) is 14.7. The summed E-state index contributed by atoms with van der Waals surface area (Å²) in [5.74, 6) is 0.0368. The van der Waals surface area contributed by atoms with Crippen molar-refractivity contribution in [2.75, 3.05) is 31.6 Å². The molecule has 0 spiro atoms. The Morgan fingerprint density at radius 2 is 2.30 bits per heavy atom. The summed E-state index contributed by atoms with van der Waals surface area (Å²) in [4.78, 5) is 15.0. The summed E-state index contributed by atoms with van der Waals surface area (Å²) < 4.78 is 5.39. The molecule has 2 heterocycles. The molecule has 1 atom stereocenters. The van der Waals surface area contributed by atoms with Crippen molar-refractivity contribution in [1.82, 2.24) is 10.1 Å². The molecule has 7 heteroatoms. The molecule has 0 bridgehead atoms. The van der Waals surface area contributed by atoms with E-state index in [1.807, 2.05) is 24.1 Å². The van der Waals surface area contributed by atoms with Gasteiger partial charge in [-0.1, -0.05) is 16.8 Å². The molecule has 0 saturated carbocycles. The molecule has 1 unspecified atom stereocenters. The van der Waals surface area contributed by atoms with E-state index in [1.165, 1.54) is 0 Å². The van der Waals surface area contributed by atoms with Crippen LogP contribution in [0.3, 0.4) is 0 Å². The summed E-state index contributed by atoms with van der Waals surface area (Å²) in [7, 11) is 1.87. The molecule has 1 fully saturated rings. The lowest BCUT2D eigenvalue weighted by Gasteiger charge is -2.25. The molecule has 1 saturated heterocycles. The number of carboxylic acid groups (broad SMARTS) is 1. The third-order valence-electron chi connectivity index (χ3n) is 4.42. The van der Waals surface area contributed by atoms with Crippen molar-refractivity contribution >= 4 is 34.4 Å². The maximum absolute atomic E-state index is 10.9. The Balaban J connectivity index is 1.74. The number of carboxylic acids is 1. The number of aromatic nitrogens is 1. The molecule has 2 aromatic rings. The first kappa shape index (κ1) is 16.1. The highest BCUT2D eigenvalue weighted by Gasteiger charge is 2.24. The topological polar surface area (TPSA) is 69.8 Å². The minimum absolute atomic E-state index is 0.0766. The molecule has 1 N–H and O–H groups in total. The van der Waals surface area contributed by atoms with Gasteiger partial charge >= 0.3 is 5.97 Å². The first-order valence-electron chi connectivity index (χ1n) is 7.76. The van der Waals surface area contributed by atoms with Gasteiger partial charge in [0.25, 0.3) is 0 Å². The molecule has 0 amide bonds. The molecule has 23 heavy (non-hydrogen) atoms. The van der Waals surface area contributed by atoms with Crippen molar-refractivity contribution in [2.45, 2.75) is 25.3 Å². The fraction of sp³-hybridized carbons (Fsp3) is 0.500. The largest absolute Gasteiger partial charge is 0.480 e. The zero-order valence-electron chi connectivity index (χ0n) is 13.0. The number of aliphatic carboxylic acids is 1. The molecular formula is C16H20ClN3O3. The van der Waals surface area contributed by atoms with E-state index in [-0.39, 0.29) is 12.6 Å². The molecule has 1 aromatic heterocycles. The van der Waals surface area contributed by atoms with Crippen LogP contribution in [-0.4, -0.2) is 53.9 Å². The predicted octanol–water partition coefficient (Wildman–Crippen LogP) is 2.86. The smallest absolute Gasteiger partial charge is 0.317 e. The van der Waals surface area contributed by atoms with E-state index in [1.54, 1.807) is 6.07 Å². The van der Waals surface area contributed by atoms with Crippen LogP contribution in [0.4, 0.5) is 5.82 Å². The van der Waals surface area contributed by atoms with Crippen molar-refractivity contribution in [3.05, 3.63) is 23.2 Å². The van der Waals surface area contributed by atoms with E-state index < -0.39 is 5.97 Å². The second-order valence-electron chi connectivity index (χ2n) is 6.03. The van der Waals surface area contributed by atoms with E-state index in [4.69, 9.17) is 21.2 Å². The van der Waals surface area contributed by atoms with Crippen molar-refractivity contribution in [3.63, 3.8) is 0 Å². The SMILES string of the molecule is CN(CC(=O)O)C1CCCN(c2noc3ccc(Cl)cc23)CC1. The number of benzene rings is 1. The quantitative estimate of drug-likeness (QED) is 0.925. The Morgan fingerprint density at radius 1 is 1.48 bits per heavy atom. The van der Waals surface area contributed by atoms with E-state index in [9.17, 15) is 4.79 Å². The van der Waals surface area contributed by atoms with Crippen molar-refractivity contribution in [3.8, 4) is 0 Å². The van der Waals surface area contributed by atoms with Gasteiger partial charge in [-0.05, 0) is 44.5 Å². The number of halogens is 1. The Kier molecular flexibility index (Phi) is 4.73. The summed E-state index contributed by atoms with van der Waals surface area (Å²) in [6.07, 6.45) is 2.87. The first-order chi connectivity index (χ1) is 11.0. The number of hydrogen-bond acceptors (Lipinski definition) is 5.